The summed E-state index contributed by atoms with van der Waals surface area (Å²) in [4.78, 5) is 60.7. The minimum atomic E-state index is -1.10. The van der Waals surface area contributed by atoms with Crippen LogP contribution in [0.2, 0.25) is 0 Å². The maximum atomic E-state index is 14.7. The van der Waals surface area contributed by atoms with E-state index in [0.29, 0.717) is 50.9 Å². The Labute approximate surface area is 372 Å². The first-order chi connectivity index (χ1) is 30.0. The number of hydrogen-bond acceptors (Lipinski definition) is 8. The number of aromatic hydroxyl groups is 1. The van der Waals surface area contributed by atoms with E-state index >= 15 is 0 Å². The van der Waals surface area contributed by atoms with Gasteiger partial charge in [0.05, 0.1) is 18.2 Å². The van der Waals surface area contributed by atoms with E-state index in [9.17, 15) is 24.3 Å². The van der Waals surface area contributed by atoms with Gasteiger partial charge in [-0.1, -0.05) is 64.1 Å². The van der Waals surface area contributed by atoms with Gasteiger partial charge in [0.2, 0.25) is 11.8 Å². The number of hydrazine groups is 1. The number of carbonyl (C=O) groups excluding carboxylic acids is 4. The zero-order chi connectivity index (χ0) is 45.3. The molecule has 0 unspecified atom stereocenters. The van der Waals surface area contributed by atoms with Crippen molar-refractivity contribution >= 4 is 34.6 Å². The number of carbonyl (C=O) groups is 4. The summed E-state index contributed by atoms with van der Waals surface area (Å²) in [6.07, 6.45) is 4.22. The van der Waals surface area contributed by atoms with Crippen molar-refractivity contribution in [1.82, 2.24) is 30.1 Å². The molecule has 4 aromatic rings. The van der Waals surface area contributed by atoms with Gasteiger partial charge in [0.25, 0.3) is 5.91 Å². The third-order valence-corrected chi connectivity index (χ3v) is 13.2. The molecule has 3 aliphatic rings. The van der Waals surface area contributed by atoms with Gasteiger partial charge >= 0.3 is 5.97 Å². The molecule has 336 valence electrons. The van der Waals surface area contributed by atoms with Gasteiger partial charge in [0.15, 0.2) is 0 Å². The predicted molar refractivity (Wildman–Crippen MR) is 248 cm³/mol. The van der Waals surface area contributed by atoms with Crippen LogP contribution in [0.3, 0.4) is 0 Å². The Kier molecular flexibility index (Phi) is 13.5. The van der Waals surface area contributed by atoms with Crippen molar-refractivity contribution in [1.29, 1.82) is 0 Å². The van der Waals surface area contributed by atoms with E-state index in [-0.39, 0.29) is 36.5 Å². The van der Waals surface area contributed by atoms with Gasteiger partial charge in [-0.3, -0.25) is 29.1 Å². The molecule has 12 heteroatoms. The highest BCUT2D eigenvalue weighted by atomic mass is 16.5. The lowest BCUT2D eigenvalue weighted by Gasteiger charge is -2.37. The first-order valence-electron chi connectivity index (χ1n) is 22.7. The molecule has 0 spiro atoms. The first kappa shape index (κ1) is 45.6. The summed E-state index contributed by atoms with van der Waals surface area (Å²) < 4.78 is 8.50. The average molecular weight is 859 g/mol. The Morgan fingerprint density at radius 1 is 1.05 bits per heavy atom. The van der Waals surface area contributed by atoms with Crippen LogP contribution in [0.25, 0.3) is 33.3 Å². The summed E-state index contributed by atoms with van der Waals surface area (Å²) in [6.45, 7) is 21.6. The smallest absolute Gasteiger partial charge is 0.324 e. The van der Waals surface area contributed by atoms with E-state index in [1.807, 2.05) is 26.0 Å². The number of nitrogens with one attached hydrogen (secondary N) is 2. The maximum absolute atomic E-state index is 14.7. The first-order valence-corrected chi connectivity index (χ1v) is 22.7. The highest BCUT2D eigenvalue weighted by Crippen LogP contribution is 2.42. The number of phenols is 1. The lowest BCUT2D eigenvalue weighted by molar-refractivity contribution is -0.155. The Hall–Kier alpha value is -5.46. The molecular weight excluding hydrogens is 793 g/mol. The number of ether oxygens (including phenoxy) is 1. The number of nitrogens with zero attached hydrogens (tertiary/aromatic N) is 4. The number of benzene rings is 3. The number of esters is 1. The average Bonchev–Trinajstić information content (AvgIpc) is 3.83. The fourth-order valence-electron chi connectivity index (χ4n) is 10.2. The van der Waals surface area contributed by atoms with Gasteiger partial charge < -0.3 is 24.6 Å². The molecule has 3 aliphatic heterocycles. The van der Waals surface area contributed by atoms with Crippen LogP contribution < -0.4 is 10.7 Å². The molecular formula is C51H66N6O6. The third-order valence-electron chi connectivity index (χ3n) is 13.2. The van der Waals surface area contributed by atoms with Gasteiger partial charge in [-0.15, -0.1) is 6.58 Å². The van der Waals surface area contributed by atoms with Crippen LogP contribution in [0, 0.1) is 31.1 Å². The lowest BCUT2D eigenvalue weighted by atomic mass is 9.83. The quantitative estimate of drug-likeness (QED) is 0.122. The van der Waals surface area contributed by atoms with Crippen LogP contribution in [-0.2, 0) is 43.3 Å². The number of amides is 3. The number of rotatable bonds is 9. The van der Waals surface area contributed by atoms with Crippen molar-refractivity contribution in [2.75, 3.05) is 39.8 Å². The van der Waals surface area contributed by atoms with Gasteiger partial charge in [-0.05, 0) is 117 Å². The van der Waals surface area contributed by atoms with Gasteiger partial charge in [0.1, 0.15) is 23.9 Å². The minimum absolute atomic E-state index is 0.0320. The fourth-order valence-corrected chi connectivity index (χ4v) is 10.2. The molecule has 4 atom stereocenters. The molecule has 2 saturated heterocycles. The monoisotopic (exact) mass is 859 g/mol. The van der Waals surface area contributed by atoms with Crippen molar-refractivity contribution in [3.63, 3.8) is 0 Å². The summed E-state index contributed by atoms with van der Waals surface area (Å²) in [6, 6.07) is 15.4. The van der Waals surface area contributed by atoms with E-state index in [4.69, 9.17) is 4.74 Å². The van der Waals surface area contributed by atoms with Crippen LogP contribution in [0.1, 0.15) is 76.1 Å². The molecule has 4 heterocycles. The number of aromatic nitrogens is 1. The molecule has 0 aliphatic carbocycles. The lowest BCUT2D eigenvalue weighted by Crippen LogP contribution is -2.62. The molecule has 0 saturated carbocycles. The topological polar surface area (TPSA) is 136 Å². The Morgan fingerprint density at radius 3 is 2.49 bits per heavy atom. The van der Waals surface area contributed by atoms with Crippen molar-refractivity contribution in [2.24, 2.45) is 17.3 Å². The molecule has 12 nitrogen and oxygen atoms in total. The van der Waals surface area contributed by atoms with Crippen molar-refractivity contribution in [3.8, 4) is 28.1 Å². The van der Waals surface area contributed by atoms with E-state index in [1.165, 1.54) is 26.6 Å². The maximum Gasteiger partial charge on any atom is 0.324 e. The van der Waals surface area contributed by atoms with E-state index < -0.39 is 41.3 Å². The SMILES string of the molecule is C=CCN1CC[C@H](C(=O)N(C)[C@H](C(=O)N[C@H]2Cc3cc(O)cc(c3)-c3ccc4c(c3)c(c(-c3c(C)cccc3C)n4CC)CC(C)(C)COC(=O)[C@@H]3CCCN(N3)C2=O)C(C)C)C1. The van der Waals surface area contributed by atoms with E-state index in [2.05, 4.69) is 97.8 Å². The molecule has 63 heavy (non-hydrogen) atoms. The largest absolute Gasteiger partial charge is 0.508 e. The Bertz CT molecular complexity index is 2380. The molecule has 7 rings (SSSR count). The van der Waals surface area contributed by atoms with E-state index in [1.54, 1.807) is 19.2 Å². The summed E-state index contributed by atoms with van der Waals surface area (Å²) in [5.41, 5.74) is 11.9. The number of hydrogen-bond donors (Lipinski definition) is 3. The van der Waals surface area contributed by atoms with Crippen LogP contribution in [0.4, 0.5) is 0 Å². The second-order valence-electron chi connectivity index (χ2n) is 19.2. The van der Waals surface area contributed by atoms with Gasteiger partial charge in [-0.2, -0.15) is 0 Å². The second-order valence-corrected chi connectivity index (χ2v) is 19.2. The van der Waals surface area contributed by atoms with Crippen LogP contribution in [-0.4, -0.2) is 106 Å². The number of aryl methyl sites for hydroxylation is 3. The number of cyclic esters (lactones) is 1. The highest BCUT2D eigenvalue weighted by molar-refractivity contribution is 5.96. The highest BCUT2D eigenvalue weighted by Gasteiger charge is 2.40. The van der Waals surface area contributed by atoms with Gasteiger partial charge in [0, 0.05) is 61.5 Å². The predicted octanol–water partition coefficient (Wildman–Crippen LogP) is 6.96. The van der Waals surface area contributed by atoms with Crippen LogP contribution in [0.15, 0.2) is 67.3 Å². The molecule has 3 amide bonds. The summed E-state index contributed by atoms with van der Waals surface area (Å²) >= 11 is 0. The van der Waals surface area contributed by atoms with Crippen LogP contribution >= 0.6 is 0 Å². The molecule has 0 radical (unpaired) electrons. The number of fused-ring (bicyclic) bond motifs is 6. The molecule has 1 aromatic heterocycles. The molecule has 6 bridgehead atoms. The zero-order valence-corrected chi connectivity index (χ0v) is 38.4. The second kappa shape index (κ2) is 18.7. The minimum Gasteiger partial charge on any atom is -0.508 e. The summed E-state index contributed by atoms with van der Waals surface area (Å²) in [7, 11) is 1.67. The number of phenolic OH excluding ortho intramolecular Hbond substituents is 1. The fraction of sp³-hybridized carbons (Fsp3) is 0.490. The zero-order valence-electron chi connectivity index (χ0n) is 38.4. The van der Waals surface area contributed by atoms with Gasteiger partial charge in [-0.25, -0.2) is 5.43 Å². The van der Waals surface area contributed by atoms with Crippen molar-refractivity contribution in [3.05, 3.63) is 89.5 Å². The normalized spacial score (nSPS) is 21.2. The third kappa shape index (κ3) is 9.57. The Balaban J connectivity index is 1.31. The number of likely N-dealkylation sites (N-methyl/N-ethyl adjacent to an activating group) is 1. The molecule has 2 fully saturated rings. The molecule has 3 aromatic carbocycles. The summed E-state index contributed by atoms with van der Waals surface area (Å²) in [5, 5.41) is 16.9. The van der Waals surface area contributed by atoms with Crippen molar-refractivity contribution in [2.45, 2.75) is 105 Å². The standard InChI is InChI=1S/C51H66N6O6/c1-10-20-55-22-19-36(29-55)48(60)54(9)45(31(3)4)47(59)52-42-25-34-23-37(26-38(58)24-34)35-17-18-43-39(27-35)40(46(56(43)11-2)44-32(5)14-12-15-33(44)6)28-51(7,8)30-63-50(62)41-16-13-21-57(53-41)49(42)61/h10,12,14-15,17-18,23-24,26-27,31,36,41-42,45,53,58H,1,11,13,16,19-22,25,28-30H2,2-9H3,(H,52,59)/t36-,41-,42-,45-/m0/s1. The molecule has 3 N–H and O–H groups in total. The van der Waals surface area contributed by atoms with Crippen LogP contribution in [0.5, 0.6) is 5.75 Å². The van der Waals surface area contributed by atoms with Crippen molar-refractivity contribution < 1.29 is 29.0 Å². The number of likely N-dealkylation sites (tertiary alicyclic amines) is 1. The summed E-state index contributed by atoms with van der Waals surface area (Å²) in [5.74, 6) is -1.90. The van der Waals surface area contributed by atoms with E-state index in [0.717, 1.165) is 46.4 Å². The Morgan fingerprint density at radius 2 is 1.79 bits per heavy atom.